The Kier molecular flexibility index (Phi) is 5.41. The second kappa shape index (κ2) is 7.99. The lowest BCUT2D eigenvalue weighted by Gasteiger charge is -2.42. The minimum absolute atomic E-state index is 0.0418. The van der Waals surface area contributed by atoms with Gasteiger partial charge in [0.1, 0.15) is 6.23 Å². The molecule has 0 N–H and O–H groups in total. The number of amides is 2. The first-order chi connectivity index (χ1) is 14.0. The zero-order valence-electron chi connectivity index (χ0n) is 17.1. The summed E-state index contributed by atoms with van der Waals surface area (Å²) in [7, 11) is 0. The molecule has 4 rings (SSSR count). The van der Waals surface area contributed by atoms with Crippen LogP contribution in [0, 0.1) is 5.41 Å². The zero-order valence-corrected chi connectivity index (χ0v) is 17.1. The van der Waals surface area contributed by atoms with Crippen molar-refractivity contribution in [2.75, 3.05) is 19.7 Å². The SMILES string of the molecule is C[C@@H]1OC[C@@H](c2ccccc2)N1C(=O)C1(C)CCN(C(=O)c2ccccc2)CC1. The summed E-state index contributed by atoms with van der Waals surface area (Å²) in [5.41, 5.74) is 1.32. The first-order valence-corrected chi connectivity index (χ1v) is 10.3. The summed E-state index contributed by atoms with van der Waals surface area (Å²) in [6, 6.07) is 19.4. The van der Waals surface area contributed by atoms with Gasteiger partial charge in [-0.3, -0.25) is 9.59 Å². The molecule has 0 spiro atoms. The Hall–Kier alpha value is -2.66. The number of hydrogen-bond acceptors (Lipinski definition) is 3. The van der Waals surface area contributed by atoms with Gasteiger partial charge in [0.05, 0.1) is 18.1 Å². The lowest BCUT2D eigenvalue weighted by molar-refractivity contribution is -0.150. The monoisotopic (exact) mass is 392 g/mol. The average Bonchev–Trinajstić information content (AvgIpc) is 3.15. The van der Waals surface area contributed by atoms with Crippen molar-refractivity contribution >= 4 is 11.8 Å². The first kappa shape index (κ1) is 19.6. The number of nitrogens with zero attached hydrogens (tertiary/aromatic N) is 2. The van der Waals surface area contributed by atoms with Gasteiger partial charge in [0.2, 0.25) is 5.91 Å². The van der Waals surface area contributed by atoms with E-state index in [4.69, 9.17) is 4.74 Å². The highest BCUT2D eigenvalue weighted by Gasteiger charge is 2.46. The van der Waals surface area contributed by atoms with E-state index in [0.717, 1.165) is 5.56 Å². The fraction of sp³-hybridized carbons (Fsp3) is 0.417. The molecule has 2 aliphatic heterocycles. The van der Waals surface area contributed by atoms with Gasteiger partial charge >= 0.3 is 0 Å². The maximum atomic E-state index is 13.6. The average molecular weight is 392 g/mol. The number of rotatable bonds is 3. The Morgan fingerprint density at radius 1 is 0.966 bits per heavy atom. The van der Waals surface area contributed by atoms with E-state index in [1.807, 2.05) is 72.2 Å². The minimum Gasteiger partial charge on any atom is -0.356 e. The number of piperidine rings is 1. The summed E-state index contributed by atoms with van der Waals surface area (Å²) in [6.45, 7) is 5.68. The van der Waals surface area contributed by atoms with Crippen LogP contribution in [-0.4, -0.2) is 47.5 Å². The Bertz CT molecular complexity index is 860. The van der Waals surface area contributed by atoms with Crippen molar-refractivity contribution in [2.24, 2.45) is 5.41 Å². The molecule has 0 aromatic heterocycles. The number of carbonyl (C=O) groups excluding carboxylic acids is 2. The van der Waals surface area contributed by atoms with Gasteiger partial charge in [0.15, 0.2) is 0 Å². The largest absolute Gasteiger partial charge is 0.356 e. The Morgan fingerprint density at radius 2 is 1.55 bits per heavy atom. The summed E-state index contributed by atoms with van der Waals surface area (Å²) >= 11 is 0. The zero-order chi connectivity index (χ0) is 20.4. The van der Waals surface area contributed by atoms with Crippen LogP contribution in [0.3, 0.4) is 0 Å². The third-order valence-electron chi connectivity index (χ3n) is 6.33. The highest BCUT2D eigenvalue weighted by atomic mass is 16.5. The molecule has 2 amide bonds. The number of ether oxygens (including phenoxy) is 1. The number of benzene rings is 2. The predicted octanol–water partition coefficient (Wildman–Crippen LogP) is 3.88. The van der Waals surface area contributed by atoms with Crippen molar-refractivity contribution in [3.8, 4) is 0 Å². The summed E-state index contributed by atoms with van der Waals surface area (Å²) in [6.07, 6.45) is 1.08. The fourth-order valence-corrected chi connectivity index (χ4v) is 4.38. The van der Waals surface area contributed by atoms with Gasteiger partial charge in [-0.25, -0.2) is 0 Å². The van der Waals surface area contributed by atoms with Crippen LogP contribution in [0.25, 0.3) is 0 Å². The van der Waals surface area contributed by atoms with E-state index < -0.39 is 5.41 Å². The highest BCUT2D eigenvalue weighted by molar-refractivity contribution is 5.94. The van der Waals surface area contributed by atoms with Gasteiger partial charge in [0.25, 0.3) is 5.91 Å². The van der Waals surface area contributed by atoms with E-state index in [-0.39, 0.29) is 24.1 Å². The first-order valence-electron chi connectivity index (χ1n) is 10.3. The van der Waals surface area contributed by atoms with E-state index >= 15 is 0 Å². The van der Waals surface area contributed by atoms with E-state index in [1.165, 1.54) is 0 Å². The van der Waals surface area contributed by atoms with E-state index in [9.17, 15) is 9.59 Å². The molecule has 2 fully saturated rings. The molecule has 2 saturated heterocycles. The van der Waals surface area contributed by atoms with E-state index in [2.05, 4.69) is 12.1 Å². The van der Waals surface area contributed by atoms with Crippen LogP contribution in [0.1, 0.15) is 48.7 Å². The normalized spacial score (nSPS) is 23.8. The Morgan fingerprint density at radius 3 is 2.17 bits per heavy atom. The topological polar surface area (TPSA) is 49.9 Å². The molecule has 0 unspecified atom stereocenters. The molecule has 2 aliphatic rings. The van der Waals surface area contributed by atoms with E-state index in [0.29, 0.717) is 38.1 Å². The molecule has 0 saturated carbocycles. The van der Waals surface area contributed by atoms with Crippen LogP contribution >= 0.6 is 0 Å². The maximum Gasteiger partial charge on any atom is 0.253 e. The van der Waals surface area contributed by atoms with Gasteiger partial charge in [-0.15, -0.1) is 0 Å². The minimum atomic E-state index is -0.484. The second-order valence-corrected chi connectivity index (χ2v) is 8.29. The quantitative estimate of drug-likeness (QED) is 0.797. The smallest absolute Gasteiger partial charge is 0.253 e. The van der Waals surface area contributed by atoms with Crippen molar-refractivity contribution in [3.05, 3.63) is 71.8 Å². The molecule has 0 bridgehead atoms. The second-order valence-electron chi connectivity index (χ2n) is 8.29. The molecule has 152 valence electrons. The Labute approximate surface area is 172 Å². The van der Waals surface area contributed by atoms with Crippen molar-refractivity contribution in [1.29, 1.82) is 0 Å². The number of likely N-dealkylation sites (tertiary alicyclic amines) is 1. The molecule has 2 aromatic carbocycles. The van der Waals surface area contributed by atoms with Gasteiger partial charge in [0, 0.05) is 18.7 Å². The van der Waals surface area contributed by atoms with Crippen LogP contribution in [0.5, 0.6) is 0 Å². The number of hydrogen-bond donors (Lipinski definition) is 0. The third-order valence-corrected chi connectivity index (χ3v) is 6.33. The molecule has 5 nitrogen and oxygen atoms in total. The van der Waals surface area contributed by atoms with Gasteiger partial charge in [-0.05, 0) is 37.5 Å². The van der Waals surface area contributed by atoms with Gasteiger partial charge in [-0.1, -0.05) is 55.5 Å². The molecular weight excluding hydrogens is 364 g/mol. The van der Waals surface area contributed by atoms with Gasteiger partial charge in [-0.2, -0.15) is 0 Å². The summed E-state index contributed by atoms with van der Waals surface area (Å²) < 4.78 is 5.85. The summed E-state index contributed by atoms with van der Waals surface area (Å²) in [4.78, 5) is 30.1. The van der Waals surface area contributed by atoms with Crippen LogP contribution in [0.2, 0.25) is 0 Å². The van der Waals surface area contributed by atoms with Crippen LogP contribution in [-0.2, 0) is 9.53 Å². The Balaban J connectivity index is 1.47. The van der Waals surface area contributed by atoms with Crippen molar-refractivity contribution in [1.82, 2.24) is 9.80 Å². The van der Waals surface area contributed by atoms with Crippen LogP contribution in [0.15, 0.2) is 60.7 Å². The van der Waals surface area contributed by atoms with Gasteiger partial charge < -0.3 is 14.5 Å². The number of carbonyl (C=O) groups is 2. The molecule has 2 heterocycles. The fourth-order valence-electron chi connectivity index (χ4n) is 4.38. The lowest BCUT2D eigenvalue weighted by atomic mass is 9.78. The van der Waals surface area contributed by atoms with Crippen LogP contribution < -0.4 is 0 Å². The molecule has 2 aromatic rings. The molecule has 29 heavy (non-hydrogen) atoms. The third kappa shape index (κ3) is 3.79. The summed E-state index contributed by atoms with van der Waals surface area (Å²) in [5, 5.41) is 0. The molecule has 0 radical (unpaired) electrons. The summed E-state index contributed by atoms with van der Waals surface area (Å²) in [5.74, 6) is 0.170. The molecule has 5 heteroatoms. The molecule has 0 aliphatic carbocycles. The lowest BCUT2D eigenvalue weighted by Crippen LogP contribution is -2.51. The standard InChI is InChI=1S/C24H28N2O3/c1-18-26(21(17-29-18)19-9-5-3-6-10-19)23(28)24(2)13-15-25(16-14-24)22(27)20-11-7-4-8-12-20/h3-12,18,21H,13-17H2,1-2H3/t18-,21-/m0/s1. The van der Waals surface area contributed by atoms with Crippen molar-refractivity contribution in [3.63, 3.8) is 0 Å². The highest BCUT2D eigenvalue weighted by Crippen LogP contribution is 2.39. The van der Waals surface area contributed by atoms with E-state index in [1.54, 1.807) is 0 Å². The maximum absolute atomic E-state index is 13.6. The van der Waals surface area contributed by atoms with Crippen molar-refractivity contribution in [2.45, 2.75) is 39.0 Å². The predicted molar refractivity (Wildman–Crippen MR) is 111 cm³/mol. The molecule has 2 atom stereocenters. The van der Waals surface area contributed by atoms with Crippen LogP contribution in [0.4, 0.5) is 0 Å². The van der Waals surface area contributed by atoms with Crippen molar-refractivity contribution < 1.29 is 14.3 Å². The molecular formula is C24H28N2O3.